The van der Waals surface area contributed by atoms with Crippen molar-refractivity contribution in [2.75, 3.05) is 11.1 Å². The van der Waals surface area contributed by atoms with Crippen LogP contribution in [0.3, 0.4) is 0 Å². The van der Waals surface area contributed by atoms with Gasteiger partial charge < -0.3 is 28.8 Å². The van der Waals surface area contributed by atoms with Gasteiger partial charge in [-0.3, -0.25) is 14.9 Å². The van der Waals surface area contributed by atoms with E-state index in [2.05, 4.69) is 99.3 Å². The van der Waals surface area contributed by atoms with E-state index in [1.165, 1.54) is 12.8 Å². The number of benzene rings is 2. The number of nitriles is 2. The number of nitrogens with one attached hydrogen (secondary N) is 1. The smallest absolute Gasteiger partial charge is 0.309 e. The summed E-state index contributed by atoms with van der Waals surface area (Å²) in [6, 6.07) is 16.1. The lowest BCUT2D eigenvalue weighted by Crippen LogP contribution is -2.52. The number of fused-ring (bicyclic) bond motifs is 2. The third-order valence-corrected chi connectivity index (χ3v) is 23.6. The average Bonchev–Trinajstić information content (AvgIpc) is 3.63. The number of rotatable bonds is 11. The Hall–Kier alpha value is -4.55. The first kappa shape index (κ1) is 56.6. The van der Waals surface area contributed by atoms with Crippen LogP contribution in [-0.2, 0) is 18.4 Å². The molecule has 2 saturated carbocycles. The summed E-state index contributed by atoms with van der Waals surface area (Å²) < 4.78 is 17.0. The van der Waals surface area contributed by atoms with Gasteiger partial charge in [-0.15, -0.1) is 0 Å². The van der Waals surface area contributed by atoms with Gasteiger partial charge in [0.05, 0.1) is 68.4 Å². The first-order valence-corrected chi connectivity index (χ1v) is 28.2. The van der Waals surface area contributed by atoms with Crippen molar-refractivity contribution in [1.29, 1.82) is 10.5 Å². The second-order valence-corrected chi connectivity index (χ2v) is 31.1. The largest absolute Gasteiger partial charge is 0.481 e. The minimum absolute atomic E-state index is 0. The monoisotopic (exact) mass is 931 g/mol. The highest BCUT2D eigenvalue weighted by Gasteiger charge is 2.46. The molecule has 2 aliphatic carbocycles. The van der Waals surface area contributed by atoms with Crippen LogP contribution in [0.1, 0.15) is 160 Å². The molecule has 4 aromatic rings. The summed E-state index contributed by atoms with van der Waals surface area (Å²) in [4.78, 5) is 33.3. The van der Waals surface area contributed by atoms with Crippen LogP contribution >= 0.6 is 0 Å². The number of nitrogens with zero attached hydrogens (tertiary/aromatic N) is 6. The number of anilines is 2. The van der Waals surface area contributed by atoms with Crippen molar-refractivity contribution in [1.82, 2.24) is 19.1 Å². The van der Waals surface area contributed by atoms with Crippen molar-refractivity contribution >= 4 is 62.5 Å². The summed E-state index contributed by atoms with van der Waals surface area (Å²) >= 11 is 0. The molecule has 0 aliphatic heterocycles. The van der Waals surface area contributed by atoms with Crippen LogP contribution < -0.4 is 11.1 Å². The highest BCUT2D eigenvalue weighted by atomic mass is 28.4. The van der Waals surface area contributed by atoms with Crippen molar-refractivity contribution < 1.29 is 23.5 Å². The molecule has 2 aromatic carbocycles. The Morgan fingerprint density at radius 3 is 1.48 bits per heavy atom. The van der Waals surface area contributed by atoms with Crippen LogP contribution in [0.15, 0.2) is 36.4 Å². The molecule has 65 heavy (non-hydrogen) atoms. The van der Waals surface area contributed by atoms with Crippen molar-refractivity contribution in [3.63, 3.8) is 0 Å². The van der Waals surface area contributed by atoms with Crippen molar-refractivity contribution in [3.8, 4) is 12.1 Å². The normalized spacial score (nSPS) is 15.8. The molecule has 0 spiro atoms. The highest BCUT2D eigenvalue weighted by molar-refractivity contribution is 6.74. The summed E-state index contributed by atoms with van der Waals surface area (Å²) in [5, 5.41) is 30.5. The van der Waals surface area contributed by atoms with Crippen LogP contribution in [0.2, 0.25) is 36.3 Å². The summed E-state index contributed by atoms with van der Waals surface area (Å²) in [6.07, 6.45) is 6.85. The fraction of sp³-hybridized carbons (Fsp3) is 0.640. The number of hydrogen-bond acceptors (Lipinski definition) is 9. The van der Waals surface area contributed by atoms with E-state index >= 15 is 0 Å². The number of aromatic nitrogens is 4. The van der Waals surface area contributed by atoms with Crippen molar-refractivity contribution in [3.05, 3.63) is 47.5 Å². The van der Waals surface area contributed by atoms with Gasteiger partial charge in [-0.1, -0.05) is 63.3 Å². The van der Waals surface area contributed by atoms with E-state index in [-0.39, 0.29) is 36.8 Å². The Labute approximate surface area is 392 Å². The number of carbonyl (C=O) groups excluding carboxylic acids is 1. The maximum absolute atomic E-state index is 13.3. The van der Waals surface area contributed by atoms with E-state index in [9.17, 15) is 14.9 Å². The molecule has 0 bridgehead atoms. The third-order valence-electron chi connectivity index (χ3n) is 14.3. The molecular weight excluding hydrogens is 849 g/mol. The van der Waals surface area contributed by atoms with Gasteiger partial charge >= 0.3 is 5.97 Å². The van der Waals surface area contributed by atoms with E-state index in [1.54, 1.807) is 19.1 Å². The molecule has 2 aliphatic rings. The highest BCUT2D eigenvalue weighted by Crippen LogP contribution is 2.43. The van der Waals surface area contributed by atoms with Gasteiger partial charge in [-0.05, 0) is 146 Å². The van der Waals surface area contributed by atoms with Crippen LogP contribution in [0.25, 0.3) is 22.1 Å². The third kappa shape index (κ3) is 12.9. The molecule has 2 atom stereocenters. The van der Waals surface area contributed by atoms with E-state index in [0.717, 1.165) is 47.8 Å². The fourth-order valence-electron chi connectivity index (χ4n) is 7.10. The zero-order valence-electron chi connectivity index (χ0n) is 40.9. The molecule has 6 rings (SSSR count). The number of amides is 1. The van der Waals surface area contributed by atoms with Crippen LogP contribution in [0.5, 0.6) is 0 Å². The minimum atomic E-state index is -2.03. The van der Waals surface area contributed by atoms with E-state index < -0.39 is 39.7 Å². The van der Waals surface area contributed by atoms with Gasteiger partial charge in [0, 0.05) is 12.1 Å². The maximum atomic E-state index is 13.3. The van der Waals surface area contributed by atoms with Gasteiger partial charge in [0.1, 0.15) is 0 Å². The molecule has 360 valence electrons. The van der Waals surface area contributed by atoms with Crippen molar-refractivity contribution in [2.24, 2.45) is 11.8 Å². The van der Waals surface area contributed by atoms with E-state index in [1.807, 2.05) is 58.9 Å². The molecule has 15 heteroatoms. The number of carboxylic acids is 1. The second kappa shape index (κ2) is 21.0. The standard InChI is InChI=1S/C24H36N4O2Si.C12H12N4.C12H26O3Si.2CH4/c1-16(24(5,6)30-31(7,8)23(2,3)4)21(29)27-22-26-19-13-12-17(15-25)14-20(19)28(22)18-10-9-11-18;13-7-8-4-5-10-11(6-8)16(12(14)15-10)9-2-1-3-9;1-9(10(13)14)12(5,6)15-16(7,8)11(2,3)4;;/h12-14,16,18H,9-11H2,1-8H3,(H,26,27,29);4-6,9H,1-3H2,(H2,14,15);9H,1-8H3,(H,13,14);2*1H4/t16-;;9-;;/m1.1../s1. The molecule has 0 saturated heterocycles. The summed E-state index contributed by atoms with van der Waals surface area (Å²) in [5.41, 5.74) is 9.53. The summed E-state index contributed by atoms with van der Waals surface area (Å²) in [7, 11) is -3.95. The van der Waals surface area contributed by atoms with Crippen molar-refractivity contribution in [2.45, 2.75) is 196 Å². The Balaban J connectivity index is 0.000000362. The molecule has 13 nitrogen and oxygen atoms in total. The minimum Gasteiger partial charge on any atom is -0.481 e. The van der Waals surface area contributed by atoms with Crippen LogP contribution in [0, 0.1) is 34.5 Å². The van der Waals surface area contributed by atoms with E-state index in [0.29, 0.717) is 35.1 Å². The summed E-state index contributed by atoms with van der Waals surface area (Å²) in [6.45, 7) is 33.2. The number of hydrogen-bond donors (Lipinski definition) is 3. The molecule has 4 N–H and O–H groups in total. The number of aliphatic carboxylic acids is 1. The lowest BCUT2D eigenvalue weighted by molar-refractivity contribution is -0.147. The van der Waals surface area contributed by atoms with Gasteiger partial charge in [-0.2, -0.15) is 10.5 Å². The first-order chi connectivity index (χ1) is 28.9. The van der Waals surface area contributed by atoms with Gasteiger partial charge in [0.15, 0.2) is 16.6 Å². The first-order valence-electron chi connectivity index (χ1n) is 22.4. The topological polar surface area (TPSA) is 194 Å². The number of nitrogen functional groups attached to an aromatic ring is 1. The Kier molecular flexibility index (Phi) is 18.2. The Morgan fingerprint density at radius 2 is 1.11 bits per heavy atom. The lowest BCUT2D eigenvalue weighted by atomic mass is 9.92. The number of nitrogens with two attached hydrogens (primary N) is 1. The Bertz CT molecular complexity index is 2360. The SMILES string of the molecule is C.C.C[C@H](C(=O)Nc1nc2ccc(C#N)cc2n1C1CCC1)C(C)(C)O[Si](C)(C)C(C)(C)C.C[C@H](C(=O)O)C(C)(C)O[Si](C)(C)C(C)(C)C.N#Cc1ccc2nc(N)n(C3CCC3)c2c1. The molecule has 2 heterocycles. The Morgan fingerprint density at radius 1 is 0.723 bits per heavy atom. The van der Waals surface area contributed by atoms with Gasteiger partial charge in [0.2, 0.25) is 17.8 Å². The fourth-order valence-corrected chi connectivity index (χ4v) is 10.7. The lowest BCUT2D eigenvalue weighted by Gasteiger charge is -2.44. The zero-order valence-corrected chi connectivity index (χ0v) is 42.9. The molecule has 0 unspecified atom stereocenters. The van der Waals surface area contributed by atoms with E-state index in [4.69, 9.17) is 29.9 Å². The summed E-state index contributed by atoms with van der Waals surface area (Å²) in [5.74, 6) is -0.624. The number of carbonyl (C=O) groups is 2. The molecule has 0 radical (unpaired) electrons. The maximum Gasteiger partial charge on any atom is 0.309 e. The predicted octanol–water partition coefficient (Wildman–Crippen LogP) is 13.0. The van der Waals surface area contributed by atoms with Crippen LogP contribution in [-0.4, -0.2) is 63.9 Å². The zero-order chi connectivity index (χ0) is 47.7. The molecule has 2 fully saturated rings. The van der Waals surface area contributed by atoms with Crippen LogP contribution in [0.4, 0.5) is 11.9 Å². The van der Waals surface area contributed by atoms with Gasteiger partial charge in [0.25, 0.3) is 0 Å². The number of carboxylic acid groups (broad SMARTS) is 1. The average molecular weight is 931 g/mol. The molecular formula is C50H82N8O5Si2. The number of imidazole rings is 2. The van der Waals surface area contributed by atoms with Gasteiger partial charge in [-0.25, -0.2) is 9.97 Å². The molecule has 2 aromatic heterocycles. The molecule has 1 amide bonds. The predicted molar refractivity (Wildman–Crippen MR) is 272 cm³/mol. The second-order valence-electron chi connectivity index (χ2n) is 21.6. The quantitative estimate of drug-likeness (QED) is 0.122.